The fraction of sp³-hybridized carbons (Fsp3) is 0.500. The molecule has 1 unspecified atom stereocenters. The summed E-state index contributed by atoms with van der Waals surface area (Å²) in [5, 5.41) is 0.0712. The number of likely N-dealkylation sites (N-methyl/N-ethyl adjacent to an activating group) is 1. The van der Waals surface area contributed by atoms with Gasteiger partial charge in [0.05, 0.1) is 41.2 Å². The Hall–Kier alpha value is -0.880. The van der Waals surface area contributed by atoms with Crippen molar-refractivity contribution in [2.75, 3.05) is 26.7 Å². The van der Waals surface area contributed by atoms with Crippen LogP contribution in [0.3, 0.4) is 0 Å². The Morgan fingerprint density at radius 1 is 1.48 bits per heavy atom. The van der Waals surface area contributed by atoms with Crippen molar-refractivity contribution < 1.29 is 9.13 Å². The van der Waals surface area contributed by atoms with Crippen molar-refractivity contribution >= 4 is 34.2 Å². The SMILES string of the molecule is CN1CCOC(Cn2c(CCl)nc3cc(Cl)c(F)cc32)C1. The minimum Gasteiger partial charge on any atom is -0.374 e. The normalized spacial score (nSPS) is 20.3. The second-order valence-corrected chi connectivity index (χ2v) is 5.96. The number of hydrogen-bond donors (Lipinski definition) is 0. The van der Waals surface area contributed by atoms with E-state index in [2.05, 4.69) is 16.9 Å². The number of imidazole rings is 1. The Balaban J connectivity index is 1.97. The van der Waals surface area contributed by atoms with Crippen LogP contribution in [0, 0.1) is 5.82 Å². The van der Waals surface area contributed by atoms with E-state index in [1.54, 1.807) is 0 Å². The Bertz CT molecular complexity index is 661. The van der Waals surface area contributed by atoms with Gasteiger partial charge in [-0.2, -0.15) is 0 Å². The lowest BCUT2D eigenvalue weighted by Gasteiger charge is -2.30. The first kappa shape index (κ1) is 15.0. The molecule has 1 aliphatic rings. The average Bonchev–Trinajstić information content (AvgIpc) is 2.77. The number of aromatic nitrogens is 2. The molecule has 1 aromatic carbocycles. The molecule has 1 aromatic heterocycles. The molecular formula is C14H16Cl2FN3O. The van der Waals surface area contributed by atoms with Crippen LogP contribution in [0.5, 0.6) is 0 Å². The lowest BCUT2D eigenvalue weighted by molar-refractivity contribution is -0.0272. The third-order valence-corrected chi connectivity index (χ3v) is 4.25. The molecule has 0 amide bonds. The second-order valence-electron chi connectivity index (χ2n) is 5.28. The van der Waals surface area contributed by atoms with E-state index in [4.69, 9.17) is 27.9 Å². The van der Waals surface area contributed by atoms with Gasteiger partial charge < -0.3 is 14.2 Å². The topological polar surface area (TPSA) is 30.3 Å². The largest absolute Gasteiger partial charge is 0.374 e. The van der Waals surface area contributed by atoms with Crippen LogP contribution in [0.25, 0.3) is 11.0 Å². The molecule has 2 heterocycles. The zero-order valence-electron chi connectivity index (χ0n) is 11.7. The molecule has 1 aliphatic heterocycles. The lowest BCUT2D eigenvalue weighted by Crippen LogP contribution is -2.42. The first-order valence-electron chi connectivity index (χ1n) is 6.78. The zero-order chi connectivity index (χ0) is 15.0. The molecule has 0 spiro atoms. The molecule has 3 rings (SSSR count). The van der Waals surface area contributed by atoms with Gasteiger partial charge in [0.1, 0.15) is 11.6 Å². The molecule has 2 aromatic rings. The smallest absolute Gasteiger partial charge is 0.144 e. The highest BCUT2D eigenvalue weighted by atomic mass is 35.5. The molecule has 0 N–H and O–H groups in total. The molecule has 0 aliphatic carbocycles. The van der Waals surface area contributed by atoms with Crippen LogP contribution in [0.4, 0.5) is 4.39 Å². The molecule has 1 saturated heterocycles. The molecule has 7 heteroatoms. The molecular weight excluding hydrogens is 316 g/mol. The van der Waals surface area contributed by atoms with Crippen LogP contribution in [-0.4, -0.2) is 47.3 Å². The summed E-state index contributed by atoms with van der Waals surface area (Å²) in [6, 6.07) is 2.94. The maximum atomic E-state index is 13.7. The van der Waals surface area contributed by atoms with E-state index in [0.717, 1.165) is 13.1 Å². The van der Waals surface area contributed by atoms with Crippen LogP contribution in [0.2, 0.25) is 5.02 Å². The van der Waals surface area contributed by atoms with Gasteiger partial charge in [0.2, 0.25) is 0 Å². The van der Waals surface area contributed by atoms with E-state index >= 15 is 0 Å². The van der Waals surface area contributed by atoms with Crippen LogP contribution < -0.4 is 0 Å². The molecule has 21 heavy (non-hydrogen) atoms. The highest BCUT2D eigenvalue weighted by molar-refractivity contribution is 6.31. The first-order valence-corrected chi connectivity index (χ1v) is 7.70. The van der Waals surface area contributed by atoms with E-state index in [1.165, 1.54) is 12.1 Å². The zero-order valence-corrected chi connectivity index (χ0v) is 13.2. The summed E-state index contributed by atoms with van der Waals surface area (Å²) in [6.07, 6.45) is 0.0434. The van der Waals surface area contributed by atoms with Gasteiger partial charge in [0.15, 0.2) is 0 Å². The molecule has 0 saturated carbocycles. The number of halogens is 3. The number of morpholine rings is 1. The van der Waals surface area contributed by atoms with Crippen molar-refractivity contribution in [3.05, 3.63) is 28.8 Å². The van der Waals surface area contributed by atoms with Crippen molar-refractivity contribution in [3.8, 4) is 0 Å². The third-order valence-electron chi connectivity index (χ3n) is 3.72. The van der Waals surface area contributed by atoms with Gasteiger partial charge in [-0.15, -0.1) is 11.6 Å². The second kappa shape index (κ2) is 6.08. The summed E-state index contributed by atoms with van der Waals surface area (Å²) in [5.41, 5.74) is 1.35. The number of hydrogen-bond acceptors (Lipinski definition) is 3. The highest BCUT2D eigenvalue weighted by Gasteiger charge is 2.21. The molecule has 0 radical (unpaired) electrons. The summed E-state index contributed by atoms with van der Waals surface area (Å²) < 4.78 is 21.4. The molecule has 0 bridgehead atoms. The maximum absolute atomic E-state index is 13.7. The van der Waals surface area contributed by atoms with Gasteiger partial charge in [0.25, 0.3) is 0 Å². The van der Waals surface area contributed by atoms with Crippen molar-refractivity contribution in [3.63, 3.8) is 0 Å². The number of alkyl halides is 1. The predicted molar refractivity (Wildman–Crippen MR) is 81.5 cm³/mol. The van der Waals surface area contributed by atoms with E-state index < -0.39 is 5.82 Å². The number of rotatable bonds is 3. The summed E-state index contributed by atoms with van der Waals surface area (Å²) in [6.45, 7) is 3.05. The van der Waals surface area contributed by atoms with Gasteiger partial charge in [-0.05, 0) is 13.1 Å². The summed E-state index contributed by atoms with van der Waals surface area (Å²) >= 11 is 11.8. The van der Waals surface area contributed by atoms with Crippen LogP contribution in [0.1, 0.15) is 5.82 Å². The van der Waals surface area contributed by atoms with Crippen LogP contribution in [0.15, 0.2) is 12.1 Å². The monoisotopic (exact) mass is 331 g/mol. The van der Waals surface area contributed by atoms with E-state index in [0.29, 0.717) is 30.0 Å². The van der Waals surface area contributed by atoms with E-state index in [9.17, 15) is 4.39 Å². The summed E-state index contributed by atoms with van der Waals surface area (Å²) in [7, 11) is 2.06. The predicted octanol–water partition coefficient (Wildman–Crippen LogP) is 2.90. The molecule has 1 fully saturated rings. The van der Waals surface area contributed by atoms with Gasteiger partial charge >= 0.3 is 0 Å². The highest BCUT2D eigenvalue weighted by Crippen LogP contribution is 2.25. The van der Waals surface area contributed by atoms with Crippen LogP contribution in [-0.2, 0) is 17.2 Å². The van der Waals surface area contributed by atoms with Gasteiger partial charge in [-0.25, -0.2) is 9.37 Å². The third kappa shape index (κ3) is 3.01. The standard InChI is InChI=1S/C14H16Cl2FN3O/c1-19-2-3-21-9(7-19)8-20-13-5-11(17)10(16)4-12(13)18-14(20)6-15/h4-5,9H,2-3,6-8H2,1H3. The quantitative estimate of drug-likeness (QED) is 0.810. The fourth-order valence-corrected chi connectivity index (χ4v) is 3.02. The number of benzene rings is 1. The van der Waals surface area contributed by atoms with Crippen molar-refractivity contribution in [1.29, 1.82) is 0 Å². The van der Waals surface area contributed by atoms with Crippen molar-refractivity contribution in [2.45, 2.75) is 18.5 Å². The van der Waals surface area contributed by atoms with Crippen molar-refractivity contribution in [1.82, 2.24) is 14.5 Å². The first-order chi connectivity index (χ1) is 10.1. The van der Waals surface area contributed by atoms with Gasteiger partial charge in [-0.3, -0.25) is 0 Å². The molecule has 114 valence electrons. The Morgan fingerprint density at radius 3 is 3.00 bits per heavy atom. The van der Waals surface area contributed by atoms with Crippen molar-refractivity contribution in [2.24, 2.45) is 0 Å². The van der Waals surface area contributed by atoms with Gasteiger partial charge in [-0.1, -0.05) is 11.6 Å². The fourth-order valence-electron chi connectivity index (χ4n) is 2.66. The van der Waals surface area contributed by atoms with Crippen LogP contribution >= 0.6 is 23.2 Å². The number of fused-ring (bicyclic) bond motifs is 1. The Labute approximate surface area is 132 Å². The summed E-state index contributed by atoms with van der Waals surface area (Å²) in [5.74, 6) is 0.509. The maximum Gasteiger partial charge on any atom is 0.144 e. The Kier molecular flexibility index (Phi) is 4.36. The summed E-state index contributed by atoms with van der Waals surface area (Å²) in [4.78, 5) is 6.64. The minimum atomic E-state index is -0.451. The lowest BCUT2D eigenvalue weighted by atomic mass is 10.2. The minimum absolute atomic E-state index is 0.0434. The van der Waals surface area contributed by atoms with Gasteiger partial charge in [0, 0.05) is 19.2 Å². The molecule has 4 nitrogen and oxygen atoms in total. The van der Waals surface area contributed by atoms with E-state index in [1.807, 2.05) is 4.57 Å². The van der Waals surface area contributed by atoms with E-state index in [-0.39, 0.29) is 17.0 Å². The average molecular weight is 332 g/mol. The number of nitrogens with zero attached hydrogens (tertiary/aromatic N) is 3. The molecule has 1 atom stereocenters. The Morgan fingerprint density at radius 2 is 2.29 bits per heavy atom. The number of ether oxygens (including phenoxy) is 1.